The lowest BCUT2D eigenvalue weighted by Gasteiger charge is -1.91. The van der Waals surface area contributed by atoms with Crippen molar-refractivity contribution >= 4 is 6.21 Å². The maximum atomic E-state index is 6.56. The molecule has 0 spiro atoms. The van der Waals surface area contributed by atoms with E-state index in [4.69, 9.17) is 10.1 Å². The number of rotatable bonds is 2. The van der Waals surface area contributed by atoms with Crippen molar-refractivity contribution in [3.05, 3.63) is 11.8 Å². The van der Waals surface area contributed by atoms with Gasteiger partial charge in [-0.05, 0) is 13.0 Å². The molecule has 2 nitrogen and oxygen atoms in total. The van der Waals surface area contributed by atoms with Crippen LogP contribution in [-0.2, 0) is 4.74 Å². The summed E-state index contributed by atoms with van der Waals surface area (Å²) >= 11 is 0. The number of ether oxygens (including phenoxy) is 1. The highest BCUT2D eigenvalue weighted by Gasteiger charge is 1.74. The molecule has 0 unspecified atom stereocenters. The molecule has 0 amide bonds. The fourth-order valence-corrected chi connectivity index (χ4v) is 0.185. The zero-order valence-electron chi connectivity index (χ0n) is 4.56. The lowest BCUT2D eigenvalue weighted by atomic mass is 10.5. The summed E-state index contributed by atoms with van der Waals surface area (Å²) in [6, 6.07) is 0. The van der Waals surface area contributed by atoms with E-state index in [9.17, 15) is 0 Å². The van der Waals surface area contributed by atoms with Crippen LogP contribution in [0.1, 0.15) is 6.92 Å². The van der Waals surface area contributed by atoms with Gasteiger partial charge in [0.05, 0.1) is 12.9 Å². The molecule has 0 aliphatic rings. The molecule has 1 N–H and O–H groups in total. The molecule has 0 fully saturated rings. The lowest BCUT2D eigenvalue weighted by molar-refractivity contribution is 0.294. The average molecular weight is 99.1 g/mol. The van der Waals surface area contributed by atoms with Crippen LogP contribution in [0.5, 0.6) is 0 Å². The van der Waals surface area contributed by atoms with Crippen LogP contribution in [0.4, 0.5) is 0 Å². The van der Waals surface area contributed by atoms with Crippen molar-refractivity contribution in [1.29, 1.82) is 5.41 Å². The third-order valence-electron chi connectivity index (χ3n) is 0.640. The van der Waals surface area contributed by atoms with E-state index in [0.717, 1.165) is 5.76 Å². The van der Waals surface area contributed by atoms with Gasteiger partial charge in [-0.3, -0.25) is 0 Å². The van der Waals surface area contributed by atoms with Gasteiger partial charge in [0.2, 0.25) is 0 Å². The predicted octanol–water partition coefficient (Wildman–Crippen LogP) is 1.19. The highest BCUT2D eigenvalue weighted by Crippen LogP contribution is 1.86. The molecule has 0 rings (SSSR count). The summed E-state index contributed by atoms with van der Waals surface area (Å²) in [5, 5.41) is 6.56. The normalized spacial score (nSPS) is 10.9. The molecule has 0 atom stereocenters. The standard InChI is InChI=1S/C5H9NO/c1-5(7-2)3-4-6/h3-4,6H,1-2H3/b5-3+,6-4?. The van der Waals surface area contributed by atoms with Gasteiger partial charge in [-0.15, -0.1) is 0 Å². The summed E-state index contributed by atoms with van der Waals surface area (Å²) in [6.07, 6.45) is 2.78. The van der Waals surface area contributed by atoms with Gasteiger partial charge in [-0.25, -0.2) is 0 Å². The highest BCUT2D eigenvalue weighted by atomic mass is 16.5. The minimum absolute atomic E-state index is 0.759. The molecule has 0 saturated heterocycles. The Labute approximate surface area is 43.3 Å². The number of hydrogen-bond donors (Lipinski definition) is 1. The van der Waals surface area contributed by atoms with E-state index in [-0.39, 0.29) is 0 Å². The van der Waals surface area contributed by atoms with E-state index < -0.39 is 0 Å². The van der Waals surface area contributed by atoms with E-state index in [1.165, 1.54) is 6.21 Å². The van der Waals surface area contributed by atoms with Gasteiger partial charge < -0.3 is 10.1 Å². The molecule has 0 bridgehead atoms. The smallest absolute Gasteiger partial charge is 0.0939 e. The van der Waals surface area contributed by atoms with E-state index in [1.54, 1.807) is 20.1 Å². The summed E-state index contributed by atoms with van der Waals surface area (Å²) in [4.78, 5) is 0. The van der Waals surface area contributed by atoms with Gasteiger partial charge in [0, 0.05) is 6.21 Å². The van der Waals surface area contributed by atoms with E-state index in [2.05, 4.69) is 0 Å². The first kappa shape index (κ1) is 6.21. The van der Waals surface area contributed by atoms with Gasteiger partial charge in [0.25, 0.3) is 0 Å². The van der Waals surface area contributed by atoms with Gasteiger partial charge in [0.1, 0.15) is 0 Å². The maximum Gasteiger partial charge on any atom is 0.0939 e. The summed E-state index contributed by atoms with van der Waals surface area (Å²) in [5.74, 6) is 0.759. The Hall–Kier alpha value is -0.790. The van der Waals surface area contributed by atoms with Gasteiger partial charge >= 0.3 is 0 Å². The summed E-state index contributed by atoms with van der Waals surface area (Å²) in [5.41, 5.74) is 0. The van der Waals surface area contributed by atoms with Crippen molar-refractivity contribution in [3.8, 4) is 0 Å². The third kappa shape index (κ3) is 3.03. The van der Waals surface area contributed by atoms with Crippen LogP contribution in [-0.4, -0.2) is 13.3 Å². The molecular formula is C5H9NO. The Morgan fingerprint density at radius 3 is 2.43 bits per heavy atom. The average Bonchev–Trinajstić information content (AvgIpc) is 1.68. The Balaban J connectivity index is 3.49. The minimum atomic E-state index is 0.759. The maximum absolute atomic E-state index is 6.56. The summed E-state index contributed by atoms with van der Waals surface area (Å²) in [6.45, 7) is 1.80. The molecular weight excluding hydrogens is 90.1 g/mol. The number of hydrogen-bond acceptors (Lipinski definition) is 2. The Bertz CT molecular complexity index is 86.1. The predicted molar refractivity (Wildman–Crippen MR) is 29.5 cm³/mol. The van der Waals surface area contributed by atoms with Crippen LogP contribution in [0.2, 0.25) is 0 Å². The fourth-order valence-electron chi connectivity index (χ4n) is 0.185. The van der Waals surface area contributed by atoms with Crippen LogP contribution in [0.15, 0.2) is 11.8 Å². The molecule has 0 aliphatic carbocycles. The Morgan fingerprint density at radius 2 is 2.29 bits per heavy atom. The molecule has 0 aliphatic heterocycles. The molecule has 40 valence electrons. The first-order valence-electron chi connectivity index (χ1n) is 2.02. The summed E-state index contributed by atoms with van der Waals surface area (Å²) in [7, 11) is 1.58. The van der Waals surface area contributed by atoms with Crippen molar-refractivity contribution in [2.45, 2.75) is 6.92 Å². The van der Waals surface area contributed by atoms with Crippen molar-refractivity contribution in [3.63, 3.8) is 0 Å². The molecule has 0 heterocycles. The largest absolute Gasteiger partial charge is 0.501 e. The van der Waals surface area contributed by atoms with Gasteiger partial charge in [-0.2, -0.15) is 0 Å². The van der Waals surface area contributed by atoms with Crippen LogP contribution in [0.25, 0.3) is 0 Å². The lowest BCUT2D eigenvalue weighted by Crippen LogP contribution is -1.77. The van der Waals surface area contributed by atoms with Crippen molar-refractivity contribution in [1.82, 2.24) is 0 Å². The van der Waals surface area contributed by atoms with Gasteiger partial charge in [0.15, 0.2) is 0 Å². The van der Waals surface area contributed by atoms with E-state index in [1.807, 2.05) is 0 Å². The third-order valence-corrected chi connectivity index (χ3v) is 0.640. The highest BCUT2D eigenvalue weighted by molar-refractivity contribution is 5.68. The number of methoxy groups -OCH3 is 1. The molecule has 0 saturated carbocycles. The molecule has 0 radical (unpaired) electrons. The number of allylic oxidation sites excluding steroid dienone is 2. The molecule has 0 aromatic rings. The quantitative estimate of drug-likeness (QED) is 0.409. The van der Waals surface area contributed by atoms with Crippen LogP contribution < -0.4 is 0 Å². The van der Waals surface area contributed by atoms with Crippen LogP contribution in [0.3, 0.4) is 0 Å². The van der Waals surface area contributed by atoms with Crippen molar-refractivity contribution in [2.75, 3.05) is 7.11 Å². The zero-order valence-corrected chi connectivity index (χ0v) is 4.56. The molecule has 2 heteroatoms. The Kier molecular flexibility index (Phi) is 3.02. The number of nitrogens with one attached hydrogen (secondary N) is 1. The Morgan fingerprint density at radius 1 is 1.71 bits per heavy atom. The van der Waals surface area contributed by atoms with Gasteiger partial charge in [-0.1, -0.05) is 0 Å². The van der Waals surface area contributed by atoms with Crippen LogP contribution in [0, 0.1) is 5.41 Å². The second-order valence-electron chi connectivity index (χ2n) is 1.15. The molecule has 0 aromatic carbocycles. The summed E-state index contributed by atoms with van der Waals surface area (Å²) < 4.78 is 4.70. The first-order chi connectivity index (χ1) is 3.31. The molecule has 7 heavy (non-hydrogen) atoms. The van der Waals surface area contributed by atoms with E-state index >= 15 is 0 Å². The zero-order chi connectivity index (χ0) is 5.70. The minimum Gasteiger partial charge on any atom is -0.501 e. The SMILES string of the molecule is CO/C(C)=C/C=N. The topological polar surface area (TPSA) is 33.1 Å². The van der Waals surface area contributed by atoms with Crippen molar-refractivity contribution in [2.24, 2.45) is 0 Å². The van der Waals surface area contributed by atoms with E-state index in [0.29, 0.717) is 0 Å². The second kappa shape index (κ2) is 3.40. The second-order valence-corrected chi connectivity index (χ2v) is 1.15. The molecule has 0 aromatic heterocycles. The fraction of sp³-hybridized carbons (Fsp3) is 0.400. The monoisotopic (exact) mass is 99.1 g/mol. The van der Waals surface area contributed by atoms with Crippen molar-refractivity contribution < 1.29 is 4.74 Å². The first-order valence-corrected chi connectivity index (χ1v) is 2.02. The van der Waals surface area contributed by atoms with Crippen LogP contribution >= 0.6 is 0 Å².